The molecule has 1 atom stereocenters. The molecule has 0 saturated heterocycles. The molecule has 0 spiro atoms. The summed E-state index contributed by atoms with van der Waals surface area (Å²) in [5.74, 6) is 0.441. The zero-order valence-corrected chi connectivity index (χ0v) is 11.0. The molecule has 1 rings (SSSR count). The lowest BCUT2D eigenvalue weighted by Gasteiger charge is -2.18. The number of hydrogen-bond acceptors (Lipinski definition) is 2. The van der Waals surface area contributed by atoms with Crippen molar-refractivity contribution in [1.29, 1.82) is 0 Å². The Bertz CT molecular complexity index is 352. The van der Waals surface area contributed by atoms with E-state index in [-0.39, 0.29) is 18.7 Å². The van der Waals surface area contributed by atoms with Crippen molar-refractivity contribution in [3.63, 3.8) is 0 Å². The maximum absolute atomic E-state index is 11.6. The summed E-state index contributed by atoms with van der Waals surface area (Å²) in [4.78, 5) is 11.6. The van der Waals surface area contributed by atoms with Gasteiger partial charge in [0.15, 0.2) is 0 Å². The number of aliphatic hydroxyl groups excluding tert-OH is 1. The van der Waals surface area contributed by atoms with Crippen LogP contribution >= 0.6 is 0 Å². The molecule has 3 N–H and O–H groups in total. The molecule has 0 fully saturated rings. The Hall–Kier alpha value is -1.55. The van der Waals surface area contributed by atoms with Gasteiger partial charge in [-0.2, -0.15) is 0 Å². The highest BCUT2D eigenvalue weighted by Crippen LogP contribution is 2.04. The zero-order valence-electron chi connectivity index (χ0n) is 11.0. The molecular formula is C14H22N2O2. The summed E-state index contributed by atoms with van der Waals surface area (Å²) >= 11 is 0. The largest absolute Gasteiger partial charge is 0.394 e. The van der Waals surface area contributed by atoms with Gasteiger partial charge in [-0.1, -0.05) is 44.2 Å². The topological polar surface area (TPSA) is 61.4 Å². The van der Waals surface area contributed by atoms with E-state index in [0.717, 1.165) is 12.0 Å². The van der Waals surface area contributed by atoms with Crippen LogP contribution in [0, 0.1) is 5.92 Å². The summed E-state index contributed by atoms with van der Waals surface area (Å²) in [5.41, 5.74) is 1.05. The molecule has 0 aliphatic rings. The van der Waals surface area contributed by atoms with Gasteiger partial charge in [0.25, 0.3) is 0 Å². The summed E-state index contributed by atoms with van der Waals surface area (Å²) in [7, 11) is 0. The van der Waals surface area contributed by atoms with Crippen LogP contribution in [0.2, 0.25) is 0 Å². The van der Waals surface area contributed by atoms with Crippen molar-refractivity contribution < 1.29 is 9.90 Å². The smallest absolute Gasteiger partial charge is 0.315 e. The SMILES string of the molecule is CC(C)CC(CO)NC(=O)NCc1ccccc1. The van der Waals surface area contributed by atoms with Gasteiger partial charge in [-0.05, 0) is 17.9 Å². The van der Waals surface area contributed by atoms with Gasteiger partial charge >= 0.3 is 6.03 Å². The molecule has 2 amide bonds. The number of carbonyl (C=O) groups is 1. The molecule has 0 bridgehead atoms. The molecule has 1 aromatic carbocycles. The van der Waals surface area contributed by atoms with E-state index in [9.17, 15) is 4.79 Å². The predicted octanol–water partition coefficient (Wildman–Crippen LogP) is 1.89. The van der Waals surface area contributed by atoms with Crippen LogP contribution in [-0.4, -0.2) is 23.8 Å². The molecule has 0 heterocycles. The Kier molecular flexibility index (Phi) is 6.22. The molecule has 18 heavy (non-hydrogen) atoms. The van der Waals surface area contributed by atoms with Gasteiger partial charge in [0.2, 0.25) is 0 Å². The number of aliphatic hydroxyl groups is 1. The van der Waals surface area contributed by atoms with Gasteiger partial charge in [-0.3, -0.25) is 0 Å². The lowest BCUT2D eigenvalue weighted by Crippen LogP contribution is -2.44. The second-order valence-corrected chi connectivity index (χ2v) is 4.82. The van der Waals surface area contributed by atoms with Crippen LogP contribution in [0.3, 0.4) is 0 Å². The summed E-state index contributed by atoms with van der Waals surface area (Å²) in [5, 5.41) is 14.7. The first-order valence-corrected chi connectivity index (χ1v) is 6.31. The number of benzene rings is 1. The average molecular weight is 250 g/mol. The van der Waals surface area contributed by atoms with Gasteiger partial charge < -0.3 is 15.7 Å². The van der Waals surface area contributed by atoms with Gasteiger partial charge in [0.05, 0.1) is 12.6 Å². The minimum Gasteiger partial charge on any atom is -0.394 e. The molecule has 0 saturated carbocycles. The Morgan fingerprint density at radius 1 is 1.28 bits per heavy atom. The molecule has 4 nitrogen and oxygen atoms in total. The second-order valence-electron chi connectivity index (χ2n) is 4.82. The van der Waals surface area contributed by atoms with E-state index < -0.39 is 0 Å². The van der Waals surface area contributed by atoms with Gasteiger partial charge in [0.1, 0.15) is 0 Å². The Balaban J connectivity index is 2.32. The van der Waals surface area contributed by atoms with Crippen LogP contribution in [0.25, 0.3) is 0 Å². The molecule has 1 unspecified atom stereocenters. The van der Waals surface area contributed by atoms with Crippen LogP contribution in [-0.2, 0) is 6.54 Å². The number of hydrogen-bond donors (Lipinski definition) is 3. The zero-order chi connectivity index (χ0) is 13.4. The molecule has 100 valence electrons. The Morgan fingerprint density at radius 3 is 2.50 bits per heavy atom. The second kappa shape index (κ2) is 7.71. The molecule has 4 heteroatoms. The highest BCUT2D eigenvalue weighted by Gasteiger charge is 2.12. The first kappa shape index (κ1) is 14.5. The van der Waals surface area contributed by atoms with Crippen LogP contribution in [0.5, 0.6) is 0 Å². The third-order valence-corrected chi connectivity index (χ3v) is 2.61. The van der Waals surface area contributed by atoms with E-state index in [2.05, 4.69) is 24.5 Å². The summed E-state index contributed by atoms with van der Waals surface area (Å²) < 4.78 is 0. The van der Waals surface area contributed by atoms with E-state index >= 15 is 0 Å². The standard InChI is InChI=1S/C14H22N2O2/c1-11(2)8-13(10-17)16-14(18)15-9-12-6-4-3-5-7-12/h3-7,11,13,17H,8-10H2,1-2H3,(H2,15,16,18). The van der Waals surface area contributed by atoms with Crippen molar-refractivity contribution >= 4 is 6.03 Å². The fourth-order valence-corrected chi connectivity index (χ4v) is 1.76. The first-order valence-electron chi connectivity index (χ1n) is 6.31. The normalized spacial score (nSPS) is 12.2. The van der Waals surface area contributed by atoms with Crippen molar-refractivity contribution in [3.8, 4) is 0 Å². The molecule has 0 aliphatic carbocycles. The number of urea groups is 1. The number of carbonyl (C=O) groups excluding carboxylic acids is 1. The average Bonchev–Trinajstić information content (AvgIpc) is 2.36. The minimum atomic E-state index is -0.237. The molecule has 0 aliphatic heterocycles. The third-order valence-electron chi connectivity index (χ3n) is 2.61. The van der Waals surface area contributed by atoms with E-state index in [1.165, 1.54) is 0 Å². The van der Waals surface area contributed by atoms with Crippen molar-refractivity contribution in [3.05, 3.63) is 35.9 Å². The minimum absolute atomic E-state index is 0.0308. The fourth-order valence-electron chi connectivity index (χ4n) is 1.76. The maximum atomic E-state index is 11.6. The van der Waals surface area contributed by atoms with Gasteiger partial charge in [0, 0.05) is 6.54 Å². The highest BCUT2D eigenvalue weighted by atomic mass is 16.3. The predicted molar refractivity (Wildman–Crippen MR) is 72.1 cm³/mol. The van der Waals surface area contributed by atoms with Crippen molar-refractivity contribution in [1.82, 2.24) is 10.6 Å². The Morgan fingerprint density at radius 2 is 1.94 bits per heavy atom. The van der Waals surface area contributed by atoms with Crippen molar-refractivity contribution in [2.45, 2.75) is 32.9 Å². The van der Waals surface area contributed by atoms with E-state index in [4.69, 9.17) is 5.11 Å². The summed E-state index contributed by atoms with van der Waals surface area (Å²) in [6.45, 7) is 4.59. The molecular weight excluding hydrogens is 228 g/mol. The number of nitrogens with one attached hydrogen (secondary N) is 2. The van der Waals surface area contributed by atoms with E-state index in [1.807, 2.05) is 30.3 Å². The lowest BCUT2D eigenvalue weighted by atomic mass is 10.0. The Labute approximate surface area is 108 Å². The van der Waals surface area contributed by atoms with Gasteiger partial charge in [-0.15, -0.1) is 0 Å². The monoisotopic (exact) mass is 250 g/mol. The quantitative estimate of drug-likeness (QED) is 0.722. The number of rotatable bonds is 6. The van der Waals surface area contributed by atoms with Crippen molar-refractivity contribution in [2.75, 3.05) is 6.61 Å². The molecule has 1 aromatic rings. The van der Waals surface area contributed by atoms with Crippen LogP contribution in [0.1, 0.15) is 25.8 Å². The molecule has 0 radical (unpaired) electrons. The highest BCUT2D eigenvalue weighted by molar-refractivity contribution is 5.74. The van der Waals surface area contributed by atoms with Crippen LogP contribution in [0.4, 0.5) is 4.79 Å². The maximum Gasteiger partial charge on any atom is 0.315 e. The van der Waals surface area contributed by atoms with Gasteiger partial charge in [-0.25, -0.2) is 4.79 Å². The van der Waals surface area contributed by atoms with E-state index in [1.54, 1.807) is 0 Å². The van der Waals surface area contributed by atoms with Crippen LogP contribution in [0.15, 0.2) is 30.3 Å². The number of amides is 2. The summed E-state index contributed by atoms with van der Waals surface area (Å²) in [6.07, 6.45) is 0.773. The first-order chi connectivity index (χ1) is 8.61. The van der Waals surface area contributed by atoms with E-state index in [0.29, 0.717) is 12.5 Å². The lowest BCUT2D eigenvalue weighted by molar-refractivity contribution is 0.206. The summed E-state index contributed by atoms with van der Waals surface area (Å²) in [6, 6.07) is 9.30. The molecule has 0 aromatic heterocycles. The third kappa shape index (κ3) is 5.68. The van der Waals surface area contributed by atoms with Crippen molar-refractivity contribution in [2.24, 2.45) is 5.92 Å². The fraction of sp³-hybridized carbons (Fsp3) is 0.500. The van der Waals surface area contributed by atoms with Crippen LogP contribution < -0.4 is 10.6 Å².